The van der Waals surface area contributed by atoms with Crippen LogP contribution in [0.25, 0.3) is 11.3 Å². The van der Waals surface area contributed by atoms with Crippen LogP contribution in [0.4, 0.5) is 5.82 Å². The molecule has 0 amide bonds. The predicted molar refractivity (Wildman–Crippen MR) is 128 cm³/mol. The first-order valence-electron chi connectivity index (χ1n) is 12.6. The second-order valence-electron chi connectivity index (χ2n) is 10.9. The Bertz CT molecular complexity index is 1010. The van der Waals surface area contributed by atoms with Gasteiger partial charge >= 0.3 is 0 Å². The summed E-state index contributed by atoms with van der Waals surface area (Å²) in [4.78, 5) is 9.61. The Morgan fingerprint density at radius 1 is 1.16 bits per heavy atom. The average molecular weight is 430 g/mol. The average Bonchev–Trinajstić information content (AvgIpc) is 3.46. The lowest BCUT2D eigenvalue weighted by atomic mass is 9.71. The molecule has 2 aromatic rings. The Labute approximate surface area is 191 Å². The Morgan fingerprint density at radius 3 is 2.94 bits per heavy atom. The molecular formula is C27H35N5. The summed E-state index contributed by atoms with van der Waals surface area (Å²) in [7, 11) is 0. The molecule has 2 aliphatic heterocycles. The highest BCUT2D eigenvalue weighted by molar-refractivity contribution is 5.63. The summed E-state index contributed by atoms with van der Waals surface area (Å²) in [5, 5.41) is 9.30. The van der Waals surface area contributed by atoms with Crippen LogP contribution in [0.5, 0.6) is 0 Å². The second kappa shape index (κ2) is 7.95. The molecule has 0 spiro atoms. The van der Waals surface area contributed by atoms with E-state index >= 15 is 0 Å². The first kappa shape index (κ1) is 20.3. The molecule has 5 nitrogen and oxygen atoms in total. The number of nitrogens with zero attached hydrogens (tertiary/aromatic N) is 5. The van der Waals surface area contributed by atoms with Crippen LogP contribution in [0.1, 0.15) is 51.5 Å². The van der Waals surface area contributed by atoms with Crippen molar-refractivity contribution in [3.8, 4) is 11.3 Å². The molecule has 2 bridgehead atoms. The minimum Gasteiger partial charge on any atom is -0.351 e. The van der Waals surface area contributed by atoms with E-state index in [2.05, 4.69) is 63.1 Å². The molecule has 4 atom stereocenters. The first-order valence-corrected chi connectivity index (χ1v) is 12.6. The molecule has 4 aliphatic rings. The summed E-state index contributed by atoms with van der Waals surface area (Å²) in [5.74, 6) is 2.67. The number of aryl methyl sites for hydroxylation is 1. The van der Waals surface area contributed by atoms with E-state index in [1.165, 1.54) is 57.3 Å². The van der Waals surface area contributed by atoms with E-state index in [4.69, 9.17) is 0 Å². The molecule has 1 saturated carbocycles. The molecule has 2 aliphatic carbocycles. The minimum absolute atomic E-state index is 0.526. The number of rotatable bonds is 5. The summed E-state index contributed by atoms with van der Waals surface area (Å²) in [6.07, 6.45) is 14.0. The van der Waals surface area contributed by atoms with E-state index in [9.17, 15) is 0 Å². The number of hydrogen-bond donors (Lipinski definition) is 0. The summed E-state index contributed by atoms with van der Waals surface area (Å²) in [6, 6.07) is 6.98. The van der Waals surface area contributed by atoms with Crippen molar-refractivity contribution in [2.75, 3.05) is 31.1 Å². The predicted octanol–water partition coefficient (Wildman–Crippen LogP) is 4.75. The van der Waals surface area contributed by atoms with Gasteiger partial charge in [-0.3, -0.25) is 4.98 Å². The van der Waals surface area contributed by atoms with Gasteiger partial charge < -0.3 is 9.80 Å². The van der Waals surface area contributed by atoms with E-state index in [1.807, 2.05) is 12.4 Å². The van der Waals surface area contributed by atoms with E-state index < -0.39 is 0 Å². The van der Waals surface area contributed by atoms with Crippen LogP contribution in [0.15, 0.2) is 42.2 Å². The van der Waals surface area contributed by atoms with Crippen LogP contribution in [-0.4, -0.2) is 52.3 Å². The van der Waals surface area contributed by atoms with Gasteiger partial charge in [-0.15, -0.1) is 10.2 Å². The molecule has 32 heavy (non-hydrogen) atoms. The van der Waals surface area contributed by atoms with Gasteiger partial charge in [0.05, 0.1) is 5.69 Å². The maximum absolute atomic E-state index is 4.68. The molecule has 2 saturated heterocycles. The maximum atomic E-state index is 4.68. The van der Waals surface area contributed by atoms with Crippen LogP contribution in [-0.2, 0) is 6.42 Å². The van der Waals surface area contributed by atoms with Crippen LogP contribution in [0.3, 0.4) is 0 Å². The highest BCUT2D eigenvalue weighted by Gasteiger charge is 2.46. The number of likely N-dealkylation sites (tertiary alicyclic amines) is 1. The fourth-order valence-electron chi connectivity index (χ4n) is 7.26. The van der Waals surface area contributed by atoms with Crippen molar-refractivity contribution in [3.05, 3.63) is 47.8 Å². The zero-order valence-corrected chi connectivity index (χ0v) is 19.5. The normalized spacial score (nSPS) is 31.8. The fourth-order valence-corrected chi connectivity index (χ4v) is 7.26. The number of allylic oxidation sites excluding steroid dienone is 2. The fraction of sp³-hybridized carbons (Fsp3) is 0.593. The SMILES string of the molecule is CCc1ccncc1-c1ccc(N2CCC3CN(CC45CC=C(CC(C)C4)C5)CC32)nn1. The highest BCUT2D eigenvalue weighted by Crippen LogP contribution is 2.51. The first-order chi connectivity index (χ1) is 15.6. The standard InChI is InChI=1S/C27H35N5/c1-3-21-7-10-28-15-23(21)24-4-5-26(30-29-24)32-11-8-22-16-31(17-25(22)32)18-27-9-6-20(14-27)12-19(2)13-27/h4-7,10,15,19,22,25H,3,8-9,11-14,16-18H2,1-2H3. The minimum atomic E-state index is 0.526. The van der Waals surface area contributed by atoms with Crippen LogP contribution < -0.4 is 4.90 Å². The second-order valence-corrected chi connectivity index (χ2v) is 10.9. The monoisotopic (exact) mass is 429 g/mol. The van der Waals surface area contributed by atoms with Crippen molar-refractivity contribution < 1.29 is 0 Å². The van der Waals surface area contributed by atoms with Crippen molar-refractivity contribution in [2.24, 2.45) is 17.3 Å². The number of pyridine rings is 1. The lowest BCUT2D eigenvalue weighted by Gasteiger charge is -2.39. The van der Waals surface area contributed by atoms with Crippen molar-refractivity contribution in [3.63, 3.8) is 0 Å². The van der Waals surface area contributed by atoms with E-state index in [0.29, 0.717) is 11.5 Å². The third-order valence-electron chi connectivity index (χ3n) is 8.51. The molecular weight excluding hydrogens is 394 g/mol. The lowest BCUT2D eigenvalue weighted by Crippen LogP contribution is -2.41. The number of hydrogen-bond acceptors (Lipinski definition) is 5. The highest BCUT2D eigenvalue weighted by atomic mass is 15.3. The molecule has 2 aromatic heterocycles. The van der Waals surface area contributed by atoms with Gasteiger partial charge in [0.25, 0.3) is 0 Å². The van der Waals surface area contributed by atoms with Gasteiger partial charge in [-0.05, 0) is 79.5 Å². The van der Waals surface area contributed by atoms with Crippen molar-refractivity contribution in [1.29, 1.82) is 0 Å². The van der Waals surface area contributed by atoms with Gasteiger partial charge in [-0.25, -0.2) is 0 Å². The summed E-state index contributed by atoms with van der Waals surface area (Å²) in [6.45, 7) is 9.45. The van der Waals surface area contributed by atoms with Crippen LogP contribution in [0, 0.1) is 17.3 Å². The van der Waals surface area contributed by atoms with Crippen LogP contribution in [0.2, 0.25) is 0 Å². The van der Waals surface area contributed by atoms with Crippen molar-refractivity contribution in [2.45, 2.75) is 58.4 Å². The van der Waals surface area contributed by atoms with E-state index in [-0.39, 0.29) is 0 Å². The Kier molecular flexibility index (Phi) is 5.05. The lowest BCUT2D eigenvalue weighted by molar-refractivity contribution is 0.129. The summed E-state index contributed by atoms with van der Waals surface area (Å²) in [5.41, 5.74) is 5.57. The molecule has 0 N–H and O–H groups in total. The molecule has 4 unspecified atom stereocenters. The van der Waals surface area contributed by atoms with E-state index in [0.717, 1.165) is 41.9 Å². The topological polar surface area (TPSA) is 45.2 Å². The van der Waals surface area contributed by atoms with Crippen molar-refractivity contribution in [1.82, 2.24) is 20.1 Å². The molecule has 0 radical (unpaired) electrons. The Balaban J connectivity index is 1.15. The molecule has 168 valence electrons. The molecule has 5 heteroatoms. The van der Waals surface area contributed by atoms with Gasteiger partial charge in [0.1, 0.15) is 0 Å². The van der Waals surface area contributed by atoms with Crippen molar-refractivity contribution >= 4 is 5.82 Å². The molecule has 0 aromatic carbocycles. The Hall–Kier alpha value is -2.27. The van der Waals surface area contributed by atoms with Gasteiger partial charge in [-0.2, -0.15) is 0 Å². The largest absolute Gasteiger partial charge is 0.351 e. The van der Waals surface area contributed by atoms with Crippen LogP contribution >= 0.6 is 0 Å². The Morgan fingerprint density at radius 2 is 2.09 bits per heavy atom. The molecule has 3 fully saturated rings. The summed E-state index contributed by atoms with van der Waals surface area (Å²) >= 11 is 0. The maximum Gasteiger partial charge on any atom is 0.151 e. The number of aromatic nitrogens is 3. The van der Waals surface area contributed by atoms with Gasteiger partial charge in [0.2, 0.25) is 0 Å². The zero-order valence-electron chi connectivity index (χ0n) is 19.5. The molecule has 6 rings (SSSR count). The third kappa shape index (κ3) is 3.55. The van der Waals surface area contributed by atoms with Gasteiger partial charge in [-0.1, -0.05) is 25.5 Å². The van der Waals surface area contributed by atoms with Gasteiger partial charge in [0.15, 0.2) is 5.82 Å². The number of fused-ring (bicyclic) bond motifs is 3. The third-order valence-corrected chi connectivity index (χ3v) is 8.51. The van der Waals surface area contributed by atoms with E-state index in [1.54, 1.807) is 5.57 Å². The zero-order chi connectivity index (χ0) is 21.7. The smallest absolute Gasteiger partial charge is 0.151 e. The number of anilines is 1. The quantitative estimate of drug-likeness (QED) is 0.642. The van der Waals surface area contributed by atoms with Gasteiger partial charge in [0, 0.05) is 50.2 Å². The summed E-state index contributed by atoms with van der Waals surface area (Å²) < 4.78 is 0. The molecule has 4 heterocycles.